The van der Waals surface area contributed by atoms with E-state index >= 15 is 0 Å². The van der Waals surface area contributed by atoms with Gasteiger partial charge in [-0.05, 0) is 31.5 Å². The molecule has 0 saturated carbocycles. The lowest BCUT2D eigenvalue weighted by Crippen LogP contribution is -2.05. The second-order valence-corrected chi connectivity index (χ2v) is 3.50. The minimum Gasteiger partial charge on any atom is -0.491 e. The molecule has 0 aliphatic carbocycles. The zero-order chi connectivity index (χ0) is 8.97. The highest BCUT2D eigenvalue weighted by Gasteiger charge is 1.96. The van der Waals surface area contributed by atoms with E-state index in [-0.39, 0.29) is 6.10 Å². The molecule has 66 valence electrons. The van der Waals surface area contributed by atoms with Gasteiger partial charge < -0.3 is 4.74 Å². The van der Waals surface area contributed by atoms with E-state index < -0.39 is 0 Å². The molecule has 0 amide bonds. The van der Waals surface area contributed by atoms with Crippen LogP contribution in [0, 0.1) is 0 Å². The third kappa shape index (κ3) is 2.86. The third-order valence-electron chi connectivity index (χ3n) is 1.45. The molecule has 0 N–H and O–H groups in total. The summed E-state index contributed by atoms with van der Waals surface area (Å²) in [6.45, 7) is 4.05. The monoisotopic (exact) mass is 228 g/mol. The van der Waals surface area contributed by atoms with E-state index in [0.717, 1.165) is 11.1 Å². The zero-order valence-corrected chi connectivity index (χ0v) is 8.97. The Hall–Kier alpha value is -0.500. The molecular formula is C10H13BrO. The molecule has 0 bridgehead atoms. The van der Waals surface area contributed by atoms with E-state index in [4.69, 9.17) is 4.74 Å². The molecule has 12 heavy (non-hydrogen) atoms. The van der Waals surface area contributed by atoms with Crippen LogP contribution in [0.4, 0.5) is 0 Å². The van der Waals surface area contributed by atoms with Crippen molar-refractivity contribution in [3.8, 4) is 5.75 Å². The van der Waals surface area contributed by atoms with Gasteiger partial charge in [0.05, 0.1) is 6.10 Å². The van der Waals surface area contributed by atoms with E-state index in [1.807, 2.05) is 26.0 Å². The van der Waals surface area contributed by atoms with Crippen LogP contribution >= 0.6 is 15.9 Å². The molecule has 0 aliphatic rings. The third-order valence-corrected chi connectivity index (χ3v) is 2.10. The van der Waals surface area contributed by atoms with Crippen molar-refractivity contribution in [2.75, 3.05) is 0 Å². The Kier molecular flexibility index (Phi) is 3.60. The molecule has 0 spiro atoms. The van der Waals surface area contributed by atoms with Crippen molar-refractivity contribution in [1.82, 2.24) is 0 Å². The summed E-state index contributed by atoms with van der Waals surface area (Å²) in [7, 11) is 0. The van der Waals surface area contributed by atoms with Crippen LogP contribution in [0.25, 0.3) is 0 Å². The van der Waals surface area contributed by atoms with Gasteiger partial charge in [0, 0.05) is 5.33 Å². The first-order valence-corrected chi connectivity index (χ1v) is 5.16. The van der Waals surface area contributed by atoms with Crippen molar-refractivity contribution < 1.29 is 4.74 Å². The highest BCUT2D eigenvalue weighted by Crippen LogP contribution is 2.15. The van der Waals surface area contributed by atoms with Crippen molar-refractivity contribution >= 4 is 15.9 Å². The molecule has 0 unspecified atom stereocenters. The lowest BCUT2D eigenvalue weighted by molar-refractivity contribution is 0.242. The number of halogens is 1. The summed E-state index contributed by atoms with van der Waals surface area (Å²) in [5, 5.41) is 0.898. The number of rotatable bonds is 3. The predicted molar refractivity (Wildman–Crippen MR) is 54.8 cm³/mol. The molecular weight excluding hydrogens is 216 g/mol. The molecule has 0 heterocycles. The summed E-state index contributed by atoms with van der Waals surface area (Å²) in [4.78, 5) is 0. The minimum atomic E-state index is 0.250. The Morgan fingerprint density at radius 1 is 1.25 bits per heavy atom. The maximum Gasteiger partial charge on any atom is 0.119 e. The first kappa shape index (κ1) is 9.59. The van der Waals surface area contributed by atoms with Crippen LogP contribution < -0.4 is 4.74 Å². The molecule has 0 aromatic heterocycles. The Morgan fingerprint density at radius 2 is 1.83 bits per heavy atom. The van der Waals surface area contributed by atoms with E-state index in [9.17, 15) is 0 Å². The highest BCUT2D eigenvalue weighted by atomic mass is 79.9. The molecule has 0 saturated heterocycles. The summed E-state index contributed by atoms with van der Waals surface area (Å²) in [6.07, 6.45) is 0.250. The fourth-order valence-corrected chi connectivity index (χ4v) is 1.30. The van der Waals surface area contributed by atoms with Crippen molar-refractivity contribution in [3.05, 3.63) is 29.8 Å². The largest absolute Gasteiger partial charge is 0.491 e. The quantitative estimate of drug-likeness (QED) is 0.722. The van der Waals surface area contributed by atoms with Crippen LogP contribution in [0.1, 0.15) is 19.4 Å². The van der Waals surface area contributed by atoms with Gasteiger partial charge in [-0.15, -0.1) is 0 Å². The van der Waals surface area contributed by atoms with Gasteiger partial charge in [-0.25, -0.2) is 0 Å². The number of benzene rings is 1. The number of hydrogen-bond donors (Lipinski definition) is 0. The van der Waals surface area contributed by atoms with Gasteiger partial charge >= 0.3 is 0 Å². The minimum absolute atomic E-state index is 0.250. The topological polar surface area (TPSA) is 9.23 Å². The van der Waals surface area contributed by atoms with Crippen LogP contribution in [0.15, 0.2) is 24.3 Å². The normalized spacial score (nSPS) is 10.3. The van der Waals surface area contributed by atoms with Crippen LogP contribution in [0.5, 0.6) is 5.75 Å². The fraction of sp³-hybridized carbons (Fsp3) is 0.400. The highest BCUT2D eigenvalue weighted by molar-refractivity contribution is 9.08. The van der Waals surface area contributed by atoms with Gasteiger partial charge in [-0.1, -0.05) is 28.1 Å². The average molecular weight is 229 g/mol. The molecule has 0 fully saturated rings. The SMILES string of the molecule is CC(C)Oc1ccc(CBr)cc1. The molecule has 1 nitrogen and oxygen atoms in total. The summed E-state index contributed by atoms with van der Waals surface area (Å²) >= 11 is 3.39. The summed E-state index contributed by atoms with van der Waals surface area (Å²) in [6, 6.07) is 8.12. The van der Waals surface area contributed by atoms with Crippen molar-refractivity contribution in [3.63, 3.8) is 0 Å². The molecule has 1 rings (SSSR count). The van der Waals surface area contributed by atoms with Gasteiger partial charge in [-0.2, -0.15) is 0 Å². The Bertz CT molecular complexity index is 228. The summed E-state index contributed by atoms with van der Waals surface area (Å²) in [5.41, 5.74) is 1.27. The van der Waals surface area contributed by atoms with E-state index in [0.29, 0.717) is 0 Å². The molecule has 1 aromatic carbocycles. The first-order valence-electron chi connectivity index (χ1n) is 4.04. The second-order valence-electron chi connectivity index (χ2n) is 2.94. The Balaban J connectivity index is 2.65. The number of hydrogen-bond acceptors (Lipinski definition) is 1. The van der Waals surface area contributed by atoms with Crippen LogP contribution in [0.2, 0.25) is 0 Å². The predicted octanol–water partition coefficient (Wildman–Crippen LogP) is 3.37. The van der Waals surface area contributed by atoms with Gasteiger partial charge in [0.15, 0.2) is 0 Å². The standard InChI is InChI=1S/C10H13BrO/c1-8(2)12-10-5-3-9(7-11)4-6-10/h3-6,8H,7H2,1-2H3. The smallest absolute Gasteiger partial charge is 0.119 e. The van der Waals surface area contributed by atoms with Crippen molar-refractivity contribution in [2.24, 2.45) is 0 Å². The average Bonchev–Trinajstić information content (AvgIpc) is 2.05. The summed E-state index contributed by atoms with van der Waals surface area (Å²) < 4.78 is 5.50. The maximum absolute atomic E-state index is 5.50. The van der Waals surface area contributed by atoms with Gasteiger partial charge in [-0.3, -0.25) is 0 Å². The number of ether oxygens (including phenoxy) is 1. The van der Waals surface area contributed by atoms with Crippen molar-refractivity contribution in [1.29, 1.82) is 0 Å². The zero-order valence-electron chi connectivity index (χ0n) is 7.38. The van der Waals surface area contributed by atoms with E-state index in [1.54, 1.807) is 0 Å². The number of alkyl halides is 1. The molecule has 2 heteroatoms. The fourth-order valence-electron chi connectivity index (χ4n) is 0.929. The Morgan fingerprint density at radius 3 is 2.25 bits per heavy atom. The van der Waals surface area contributed by atoms with Gasteiger partial charge in [0.1, 0.15) is 5.75 Å². The maximum atomic E-state index is 5.50. The summed E-state index contributed by atoms with van der Waals surface area (Å²) in [5.74, 6) is 0.940. The van der Waals surface area contributed by atoms with Crippen LogP contribution in [-0.4, -0.2) is 6.10 Å². The van der Waals surface area contributed by atoms with Crippen LogP contribution in [0.3, 0.4) is 0 Å². The first-order chi connectivity index (χ1) is 5.72. The van der Waals surface area contributed by atoms with Gasteiger partial charge in [0.25, 0.3) is 0 Å². The lowest BCUT2D eigenvalue weighted by atomic mass is 10.2. The van der Waals surface area contributed by atoms with E-state index in [2.05, 4.69) is 28.1 Å². The molecule has 1 aromatic rings. The van der Waals surface area contributed by atoms with Crippen LogP contribution in [-0.2, 0) is 5.33 Å². The van der Waals surface area contributed by atoms with E-state index in [1.165, 1.54) is 5.56 Å². The second kappa shape index (κ2) is 4.51. The van der Waals surface area contributed by atoms with Crippen molar-refractivity contribution in [2.45, 2.75) is 25.3 Å². The van der Waals surface area contributed by atoms with Gasteiger partial charge in [0.2, 0.25) is 0 Å². The molecule has 0 radical (unpaired) electrons. The molecule has 0 aliphatic heterocycles. The lowest BCUT2D eigenvalue weighted by Gasteiger charge is -2.09. The molecule has 0 atom stereocenters. The Labute approximate surface area is 81.9 Å².